The van der Waals surface area contributed by atoms with E-state index in [9.17, 15) is 0 Å². The molecule has 1 aliphatic rings. The van der Waals surface area contributed by atoms with Gasteiger partial charge in [-0.2, -0.15) is 0 Å². The minimum Gasteiger partial charge on any atom is -0.380 e. The van der Waals surface area contributed by atoms with E-state index in [1.165, 1.54) is 40.3 Å². The van der Waals surface area contributed by atoms with Crippen molar-refractivity contribution in [2.75, 3.05) is 7.11 Å². The second-order valence-corrected chi connectivity index (χ2v) is 4.16. The van der Waals surface area contributed by atoms with E-state index in [1.807, 2.05) is 0 Å². The van der Waals surface area contributed by atoms with Crippen molar-refractivity contribution in [1.29, 1.82) is 0 Å². The predicted molar refractivity (Wildman–Crippen MR) is 62.1 cm³/mol. The number of rotatable bonds is 2. The van der Waals surface area contributed by atoms with E-state index < -0.39 is 0 Å². The van der Waals surface area contributed by atoms with Crippen LogP contribution in [-0.4, -0.2) is 7.11 Å². The Hall–Kier alpha value is -1.34. The van der Waals surface area contributed by atoms with Crippen LogP contribution >= 0.6 is 0 Å². The molecular weight excluding hydrogens is 184 g/mol. The summed E-state index contributed by atoms with van der Waals surface area (Å²) in [6.07, 6.45) is 2.40. The molecule has 0 amide bonds. The molecule has 0 bridgehead atoms. The number of aryl methyl sites for hydroxylation is 2. The van der Waals surface area contributed by atoms with E-state index in [1.54, 1.807) is 7.11 Å². The molecule has 2 aromatic rings. The van der Waals surface area contributed by atoms with Gasteiger partial charge in [-0.15, -0.1) is 0 Å². The summed E-state index contributed by atoms with van der Waals surface area (Å²) in [6, 6.07) is 11.1. The van der Waals surface area contributed by atoms with Crippen molar-refractivity contribution in [3.05, 3.63) is 47.0 Å². The van der Waals surface area contributed by atoms with Crippen molar-refractivity contribution in [2.45, 2.75) is 19.4 Å². The summed E-state index contributed by atoms with van der Waals surface area (Å²) >= 11 is 0. The molecule has 76 valence electrons. The van der Waals surface area contributed by atoms with Crippen LogP contribution in [0.4, 0.5) is 0 Å². The summed E-state index contributed by atoms with van der Waals surface area (Å²) in [5, 5.41) is 2.86. The lowest BCUT2D eigenvalue weighted by atomic mass is 10.0. The third-order valence-electron chi connectivity index (χ3n) is 3.27. The summed E-state index contributed by atoms with van der Waals surface area (Å²) in [7, 11) is 1.75. The first-order valence-corrected chi connectivity index (χ1v) is 5.41. The molecule has 0 saturated heterocycles. The Bertz CT molecular complexity index is 504. The topological polar surface area (TPSA) is 9.23 Å². The molecule has 0 fully saturated rings. The Morgan fingerprint density at radius 2 is 1.87 bits per heavy atom. The van der Waals surface area contributed by atoms with E-state index in [4.69, 9.17) is 4.74 Å². The molecule has 1 nitrogen and oxygen atoms in total. The lowest BCUT2D eigenvalue weighted by Crippen LogP contribution is -1.90. The number of ether oxygens (including phenoxy) is 1. The fourth-order valence-corrected chi connectivity index (χ4v) is 2.59. The highest BCUT2D eigenvalue weighted by molar-refractivity contribution is 5.93. The molecule has 1 aliphatic carbocycles. The number of hydrogen-bond acceptors (Lipinski definition) is 1. The van der Waals surface area contributed by atoms with Gasteiger partial charge in [0.2, 0.25) is 0 Å². The van der Waals surface area contributed by atoms with Gasteiger partial charge in [-0.3, -0.25) is 0 Å². The number of hydrogen-bond donors (Lipinski definition) is 0. The van der Waals surface area contributed by atoms with Crippen LogP contribution in [0.3, 0.4) is 0 Å². The zero-order valence-electron chi connectivity index (χ0n) is 8.92. The number of benzene rings is 2. The largest absolute Gasteiger partial charge is 0.380 e. The predicted octanol–water partition coefficient (Wildman–Crippen LogP) is 3.08. The molecule has 0 radical (unpaired) electrons. The molecule has 0 heterocycles. The highest BCUT2D eigenvalue weighted by atomic mass is 16.5. The van der Waals surface area contributed by atoms with Crippen LogP contribution in [0.2, 0.25) is 0 Å². The maximum absolute atomic E-state index is 5.24. The van der Waals surface area contributed by atoms with Crippen LogP contribution in [0, 0.1) is 0 Å². The minimum absolute atomic E-state index is 0.709. The van der Waals surface area contributed by atoms with Gasteiger partial charge < -0.3 is 4.74 Å². The van der Waals surface area contributed by atoms with Crippen LogP contribution in [0.5, 0.6) is 0 Å². The quantitative estimate of drug-likeness (QED) is 0.720. The first-order valence-electron chi connectivity index (χ1n) is 5.41. The Kier molecular flexibility index (Phi) is 2.00. The SMILES string of the molecule is COCc1ccc2c3c(cccc13)CC2. The van der Waals surface area contributed by atoms with Gasteiger partial charge in [0.05, 0.1) is 6.61 Å². The Balaban J connectivity index is 2.33. The summed E-state index contributed by atoms with van der Waals surface area (Å²) in [4.78, 5) is 0. The summed E-state index contributed by atoms with van der Waals surface area (Å²) < 4.78 is 5.24. The molecule has 0 aliphatic heterocycles. The molecule has 15 heavy (non-hydrogen) atoms. The van der Waals surface area contributed by atoms with Gasteiger partial charge in [-0.25, -0.2) is 0 Å². The third kappa shape index (κ3) is 1.27. The van der Waals surface area contributed by atoms with Crippen molar-refractivity contribution < 1.29 is 4.74 Å². The molecule has 0 aromatic heterocycles. The Morgan fingerprint density at radius 1 is 1.07 bits per heavy atom. The molecule has 2 aromatic carbocycles. The van der Waals surface area contributed by atoms with Gasteiger partial charge >= 0.3 is 0 Å². The minimum atomic E-state index is 0.709. The average Bonchev–Trinajstić information content (AvgIpc) is 2.68. The summed E-state index contributed by atoms with van der Waals surface area (Å²) in [6.45, 7) is 0.709. The van der Waals surface area contributed by atoms with Gasteiger partial charge in [0, 0.05) is 7.11 Å². The molecule has 1 heteroatoms. The van der Waals surface area contributed by atoms with Gasteiger partial charge in [-0.1, -0.05) is 30.3 Å². The second kappa shape index (κ2) is 3.35. The molecule has 0 unspecified atom stereocenters. The fourth-order valence-electron chi connectivity index (χ4n) is 2.59. The van der Waals surface area contributed by atoms with E-state index >= 15 is 0 Å². The van der Waals surface area contributed by atoms with Gasteiger partial charge in [0.25, 0.3) is 0 Å². The first-order chi connectivity index (χ1) is 7.40. The van der Waals surface area contributed by atoms with E-state index in [2.05, 4.69) is 30.3 Å². The summed E-state index contributed by atoms with van der Waals surface area (Å²) in [5.74, 6) is 0. The Morgan fingerprint density at radius 3 is 2.67 bits per heavy atom. The zero-order chi connectivity index (χ0) is 10.3. The Labute approximate surface area is 89.7 Å². The first kappa shape index (κ1) is 8.93. The van der Waals surface area contributed by atoms with Crippen LogP contribution in [0.25, 0.3) is 10.8 Å². The maximum atomic E-state index is 5.24. The highest BCUT2D eigenvalue weighted by Gasteiger charge is 2.15. The van der Waals surface area contributed by atoms with Crippen molar-refractivity contribution in [2.24, 2.45) is 0 Å². The van der Waals surface area contributed by atoms with E-state index in [0.717, 1.165) is 0 Å². The van der Waals surface area contributed by atoms with Crippen molar-refractivity contribution in [3.63, 3.8) is 0 Å². The van der Waals surface area contributed by atoms with E-state index in [0.29, 0.717) is 6.61 Å². The lowest BCUT2D eigenvalue weighted by Gasteiger charge is -2.07. The molecule has 3 rings (SSSR count). The highest BCUT2D eigenvalue weighted by Crippen LogP contribution is 2.32. The molecule has 0 saturated carbocycles. The van der Waals surface area contributed by atoms with Crippen LogP contribution in [0.1, 0.15) is 16.7 Å². The van der Waals surface area contributed by atoms with Gasteiger partial charge in [0.1, 0.15) is 0 Å². The molecule has 0 atom stereocenters. The second-order valence-electron chi connectivity index (χ2n) is 4.16. The van der Waals surface area contributed by atoms with Crippen molar-refractivity contribution in [3.8, 4) is 0 Å². The maximum Gasteiger partial charge on any atom is 0.0719 e. The standard InChI is InChI=1S/C14H14O/c1-15-9-12-8-7-11-6-5-10-3-2-4-13(12)14(10)11/h2-4,7-8H,5-6,9H2,1H3. The summed E-state index contributed by atoms with van der Waals surface area (Å²) in [5.41, 5.74) is 4.31. The number of methoxy groups -OCH3 is 1. The molecular formula is C14H14O. The smallest absolute Gasteiger partial charge is 0.0719 e. The zero-order valence-corrected chi connectivity index (χ0v) is 8.92. The van der Waals surface area contributed by atoms with Crippen LogP contribution in [-0.2, 0) is 24.2 Å². The molecule has 0 spiro atoms. The normalized spacial score (nSPS) is 13.7. The van der Waals surface area contributed by atoms with Crippen LogP contribution < -0.4 is 0 Å². The average molecular weight is 198 g/mol. The van der Waals surface area contributed by atoms with Crippen LogP contribution in [0.15, 0.2) is 30.3 Å². The third-order valence-corrected chi connectivity index (χ3v) is 3.27. The lowest BCUT2D eigenvalue weighted by molar-refractivity contribution is 0.186. The molecule has 0 N–H and O–H groups in total. The van der Waals surface area contributed by atoms with E-state index in [-0.39, 0.29) is 0 Å². The van der Waals surface area contributed by atoms with Crippen molar-refractivity contribution in [1.82, 2.24) is 0 Å². The fraction of sp³-hybridized carbons (Fsp3) is 0.286. The van der Waals surface area contributed by atoms with Crippen molar-refractivity contribution >= 4 is 10.8 Å². The van der Waals surface area contributed by atoms with Gasteiger partial charge in [-0.05, 0) is 40.3 Å². The van der Waals surface area contributed by atoms with Gasteiger partial charge in [0.15, 0.2) is 0 Å². The monoisotopic (exact) mass is 198 g/mol.